The Balaban J connectivity index is 1.60. The second kappa shape index (κ2) is 7.41. The normalized spacial score (nSPS) is 11.7. The molecule has 0 saturated heterocycles. The lowest BCUT2D eigenvalue weighted by Crippen LogP contribution is -2.36. The van der Waals surface area contributed by atoms with Gasteiger partial charge in [-0.25, -0.2) is 0 Å². The van der Waals surface area contributed by atoms with E-state index >= 15 is 0 Å². The summed E-state index contributed by atoms with van der Waals surface area (Å²) in [5, 5.41) is 10.8. The van der Waals surface area contributed by atoms with Gasteiger partial charge in [-0.2, -0.15) is 0 Å². The number of nitrogens with zero attached hydrogens (tertiary/aromatic N) is 3. The monoisotopic (exact) mass is 322 g/mol. The van der Waals surface area contributed by atoms with E-state index in [4.69, 9.17) is 4.74 Å². The molecule has 0 saturated carbocycles. The van der Waals surface area contributed by atoms with E-state index < -0.39 is 6.10 Å². The van der Waals surface area contributed by atoms with Crippen molar-refractivity contribution in [1.29, 1.82) is 0 Å². The first-order valence-electron chi connectivity index (χ1n) is 7.68. The third kappa shape index (κ3) is 3.78. The van der Waals surface area contributed by atoms with Crippen LogP contribution in [0.3, 0.4) is 0 Å². The van der Waals surface area contributed by atoms with E-state index in [2.05, 4.69) is 15.5 Å². The van der Waals surface area contributed by atoms with Gasteiger partial charge in [-0.15, -0.1) is 10.2 Å². The summed E-state index contributed by atoms with van der Waals surface area (Å²) in [5.41, 5.74) is 0.945. The van der Waals surface area contributed by atoms with Gasteiger partial charge in [0.2, 0.25) is 0 Å². The summed E-state index contributed by atoms with van der Waals surface area (Å²) in [6.45, 7) is 1.99. The number of carbonyl (C=O) groups is 1. The van der Waals surface area contributed by atoms with Crippen LogP contribution in [0.5, 0.6) is 5.75 Å². The van der Waals surface area contributed by atoms with Crippen molar-refractivity contribution in [3.63, 3.8) is 0 Å². The highest BCUT2D eigenvalue weighted by atomic mass is 16.5. The van der Waals surface area contributed by atoms with E-state index in [0.29, 0.717) is 11.6 Å². The third-order valence-corrected chi connectivity index (χ3v) is 3.50. The summed E-state index contributed by atoms with van der Waals surface area (Å²) in [6.07, 6.45) is 1.03. The minimum atomic E-state index is -0.597. The molecule has 0 aliphatic rings. The Morgan fingerprint density at radius 1 is 1.12 bits per heavy atom. The summed E-state index contributed by atoms with van der Waals surface area (Å²) in [7, 11) is 0. The number of para-hydroxylation sites is 2. The van der Waals surface area contributed by atoms with Gasteiger partial charge in [-0.3, -0.25) is 9.36 Å². The van der Waals surface area contributed by atoms with E-state index in [9.17, 15) is 4.79 Å². The fraction of sp³-hybridized carbons (Fsp3) is 0.167. The highest BCUT2D eigenvalue weighted by Gasteiger charge is 2.15. The van der Waals surface area contributed by atoms with Crippen LogP contribution in [0, 0.1) is 0 Å². The Bertz CT molecular complexity index is 787. The zero-order valence-corrected chi connectivity index (χ0v) is 13.3. The molecule has 1 aromatic heterocycles. The Hall–Kier alpha value is -3.15. The smallest absolute Gasteiger partial charge is 0.261 e. The number of amides is 1. The predicted octanol–water partition coefficient (Wildman–Crippen LogP) is 2.35. The number of ether oxygens (including phenoxy) is 1. The van der Waals surface area contributed by atoms with Crippen molar-refractivity contribution in [2.45, 2.75) is 19.6 Å². The molecule has 3 aromatic rings. The summed E-state index contributed by atoms with van der Waals surface area (Å²) in [6, 6.07) is 19.0. The summed E-state index contributed by atoms with van der Waals surface area (Å²) >= 11 is 0. The second-order valence-corrected chi connectivity index (χ2v) is 5.24. The molecule has 6 nitrogen and oxygen atoms in total. The molecule has 0 bridgehead atoms. The molecule has 1 heterocycles. The fourth-order valence-electron chi connectivity index (χ4n) is 2.25. The number of carbonyl (C=O) groups excluding carboxylic acids is 1. The van der Waals surface area contributed by atoms with Crippen molar-refractivity contribution in [1.82, 2.24) is 20.1 Å². The van der Waals surface area contributed by atoms with Gasteiger partial charge in [0.05, 0.1) is 6.54 Å². The largest absolute Gasteiger partial charge is 0.481 e. The molecule has 122 valence electrons. The van der Waals surface area contributed by atoms with Crippen molar-refractivity contribution in [3.8, 4) is 11.4 Å². The molecule has 6 heteroatoms. The Labute approximate surface area is 140 Å². The lowest BCUT2D eigenvalue weighted by Gasteiger charge is -2.14. The first-order valence-corrected chi connectivity index (χ1v) is 7.68. The molecule has 1 N–H and O–H groups in total. The lowest BCUT2D eigenvalue weighted by atomic mass is 10.3. The van der Waals surface area contributed by atoms with Gasteiger partial charge in [0.25, 0.3) is 5.91 Å². The van der Waals surface area contributed by atoms with Gasteiger partial charge in [-0.05, 0) is 31.2 Å². The van der Waals surface area contributed by atoms with Gasteiger partial charge >= 0.3 is 0 Å². The van der Waals surface area contributed by atoms with E-state index in [1.54, 1.807) is 13.3 Å². The Morgan fingerprint density at radius 3 is 2.50 bits per heavy atom. The Kier molecular flexibility index (Phi) is 4.86. The van der Waals surface area contributed by atoms with Gasteiger partial charge in [0.15, 0.2) is 11.9 Å². The van der Waals surface area contributed by atoms with Crippen LogP contribution in [0.1, 0.15) is 12.7 Å². The second-order valence-electron chi connectivity index (χ2n) is 5.24. The quantitative estimate of drug-likeness (QED) is 0.756. The van der Waals surface area contributed by atoms with Crippen molar-refractivity contribution >= 4 is 5.91 Å². The zero-order chi connectivity index (χ0) is 16.8. The highest BCUT2D eigenvalue weighted by molar-refractivity contribution is 5.80. The summed E-state index contributed by atoms with van der Waals surface area (Å²) < 4.78 is 7.44. The van der Waals surface area contributed by atoms with Gasteiger partial charge in [0.1, 0.15) is 12.1 Å². The van der Waals surface area contributed by atoms with Crippen LogP contribution < -0.4 is 10.1 Å². The molecule has 1 atom stereocenters. The molecule has 0 fully saturated rings. The predicted molar refractivity (Wildman–Crippen MR) is 89.7 cm³/mol. The molecule has 0 aliphatic heterocycles. The van der Waals surface area contributed by atoms with Crippen LogP contribution in [-0.4, -0.2) is 26.8 Å². The number of rotatable bonds is 6. The van der Waals surface area contributed by atoms with Crippen molar-refractivity contribution in [3.05, 3.63) is 72.8 Å². The fourth-order valence-corrected chi connectivity index (χ4v) is 2.25. The SMILES string of the molecule is C[C@@H](Oc1ccccc1)C(=O)NCc1nncn1-c1ccccc1. The van der Waals surface area contributed by atoms with E-state index in [1.807, 2.05) is 65.2 Å². The minimum absolute atomic E-state index is 0.207. The van der Waals surface area contributed by atoms with Gasteiger partial charge < -0.3 is 10.1 Å². The van der Waals surface area contributed by atoms with E-state index in [0.717, 1.165) is 5.69 Å². The van der Waals surface area contributed by atoms with Crippen LogP contribution in [0.25, 0.3) is 5.69 Å². The average molecular weight is 322 g/mol. The molecular formula is C18H18N4O2. The molecule has 24 heavy (non-hydrogen) atoms. The number of hydrogen-bond acceptors (Lipinski definition) is 4. The molecule has 2 aromatic carbocycles. The van der Waals surface area contributed by atoms with Gasteiger partial charge in [0, 0.05) is 5.69 Å². The Morgan fingerprint density at radius 2 is 1.79 bits per heavy atom. The maximum absolute atomic E-state index is 12.2. The van der Waals surface area contributed by atoms with Crippen LogP contribution >= 0.6 is 0 Å². The van der Waals surface area contributed by atoms with Gasteiger partial charge in [-0.1, -0.05) is 36.4 Å². The van der Waals surface area contributed by atoms with Crippen LogP contribution in [0.4, 0.5) is 0 Å². The zero-order valence-electron chi connectivity index (χ0n) is 13.3. The van der Waals surface area contributed by atoms with E-state index in [1.165, 1.54) is 0 Å². The maximum atomic E-state index is 12.2. The molecule has 0 unspecified atom stereocenters. The first kappa shape index (κ1) is 15.7. The average Bonchev–Trinajstić information content (AvgIpc) is 3.10. The maximum Gasteiger partial charge on any atom is 0.261 e. The first-order chi connectivity index (χ1) is 11.7. The molecule has 0 spiro atoms. The number of nitrogens with one attached hydrogen (secondary N) is 1. The minimum Gasteiger partial charge on any atom is -0.481 e. The van der Waals surface area contributed by atoms with Crippen LogP contribution in [-0.2, 0) is 11.3 Å². The standard InChI is InChI=1S/C18H18N4O2/c1-14(24-16-10-6-3-7-11-16)18(23)19-12-17-21-20-13-22(17)15-8-4-2-5-9-15/h2-11,13-14H,12H2,1H3,(H,19,23)/t14-/m1/s1. The van der Waals surface area contributed by atoms with E-state index in [-0.39, 0.29) is 12.5 Å². The number of benzene rings is 2. The molecular weight excluding hydrogens is 304 g/mol. The molecule has 0 aliphatic carbocycles. The van der Waals surface area contributed by atoms with Crippen LogP contribution in [0.15, 0.2) is 67.0 Å². The number of aromatic nitrogens is 3. The van der Waals surface area contributed by atoms with Crippen LogP contribution in [0.2, 0.25) is 0 Å². The van der Waals surface area contributed by atoms with Crippen molar-refractivity contribution in [2.24, 2.45) is 0 Å². The topological polar surface area (TPSA) is 69.0 Å². The molecule has 1 amide bonds. The summed E-state index contributed by atoms with van der Waals surface area (Å²) in [4.78, 5) is 12.2. The highest BCUT2D eigenvalue weighted by Crippen LogP contribution is 2.11. The van der Waals surface area contributed by atoms with Crippen molar-refractivity contribution in [2.75, 3.05) is 0 Å². The number of hydrogen-bond donors (Lipinski definition) is 1. The summed E-state index contributed by atoms with van der Waals surface area (Å²) in [5.74, 6) is 1.11. The third-order valence-electron chi connectivity index (χ3n) is 3.50. The van der Waals surface area contributed by atoms with Crippen molar-refractivity contribution < 1.29 is 9.53 Å². The lowest BCUT2D eigenvalue weighted by molar-refractivity contribution is -0.127. The molecule has 0 radical (unpaired) electrons. The molecule has 3 rings (SSSR count).